The van der Waals surface area contributed by atoms with Crippen LogP contribution in [-0.4, -0.2) is 35.7 Å². The minimum atomic E-state index is -0.101. The molecular weight excluding hydrogens is 380 g/mol. The quantitative estimate of drug-likeness (QED) is 0.799. The van der Waals surface area contributed by atoms with E-state index < -0.39 is 0 Å². The van der Waals surface area contributed by atoms with Gasteiger partial charge in [-0.1, -0.05) is 46.3 Å². The lowest BCUT2D eigenvalue weighted by Crippen LogP contribution is -2.46. The Balaban J connectivity index is 1.67. The zero-order chi connectivity index (χ0) is 17.8. The first kappa shape index (κ1) is 18.0. The Bertz CT molecular complexity index is 736. The van der Waals surface area contributed by atoms with Gasteiger partial charge < -0.3 is 15.3 Å². The van der Waals surface area contributed by atoms with E-state index in [0.717, 1.165) is 22.1 Å². The summed E-state index contributed by atoms with van der Waals surface area (Å²) >= 11 is 3.43. The molecule has 2 aromatic carbocycles. The van der Waals surface area contributed by atoms with E-state index in [4.69, 9.17) is 0 Å². The van der Waals surface area contributed by atoms with Gasteiger partial charge in [-0.15, -0.1) is 0 Å². The highest BCUT2D eigenvalue weighted by molar-refractivity contribution is 9.10. The molecule has 2 atom stereocenters. The van der Waals surface area contributed by atoms with Crippen molar-refractivity contribution in [2.45, 2.75) is 19.3 Å². The summed E-state index contributed by atoms with van der Waals surface area (Å²) < 4.78 is 0.993. The molecule has 0 bridgehead atoms. The normalized spacial score (nSPS) is 20.4. The van der Waals surface area contributed by atoms with Crippen molar-refractivity contribution in [2.75, 3.05) is 25.0 Å². The van der Waals surface area contributed by atoms with Crippen LogP contribution in [-0.2, 0) is 0 Å². The fraction of sp³-hybridized carbons (Fsp3) is 0.350. The number of amides is 2. The topological polar surface area (TPSA) is 52.6 Å². The maximum Gasteiger partial charge on any atom is 0.321 e. The van der Waals surface area contributed by atoms with Crippen LogP contribution in [0.25, 0.3) is 0 Å². The molecule has 0 aromatic heterocycles. The molecule has 2 N–H and O–H groups in total. The van der Waals surface area contributed by atoms with Gasteiger partial charge in [0.2, 0.25) is 0 Å². The summed E-state index contributed by atoms with van der Waals surface area (Å²) in [5, 5.41) is 12.8. The Labute approximate surface area is 157 Å². The van der Waals surface area contributed by atoms with Gasteiger partial charge in [-0.3, -0.25) is 0 Å². The smallest absolute Gasteiger partial charge is 0.321 e. The molecule has 2 aromatic rings. The van der Waals surface area contributed by atoms with Gasteiger partial charge in [-0.25, -0.2) is 4.79 Å². The summed E-state index contributed by atoms with van der Waals surface area (Å²) in [6.45, 7) is 3.31. The van der Waals surface area contributed by atoms with Gasteiger partial charge in [0.25, 0.3) is 0 Å². The first-order valence-electron chi connectivity index (χ1n) is 8.56. The van der Waals surface area contributed by atoms with Crippen molar-refractivity contribution >= 4 is 27.6 Å². The average Bonchev–Trinajstić information content (AvgIpc) is 2.64. The lowest BCUT2D eigenvalue weighted by molar-refractivity contribution is 0.119. The largest absolute Gasteiger partial charge is 0.396 e. The van der Waals surface area contributed by atoms with E-state index in [0.29, 0.717) is 19.0 Å². The number of halogens is 1. The number of nitrogens with zero attached hydrogens (tertiary/aromatic N) is 1. The molecule has 0 unspecified atom stereocenters. The minimum Gasteiger partial charge on any atom is -0.396 e. The van der Waals surface area contributed by atoms with Crippen molar-refractivity contribution in [3.05, 3.63) is 64.1 Å². The fourth-order valence-electron chi connectivity index (χ4n) is 3.50. The molecule has 0 spiro atoms. The van der Waals surface area contributed by atoms with Crippen LogP contribution >= 0.6 is 15.9 Å². The van der Waals surface area contributed by atoms with Crippen LogP contribution in [0.2, 0.25) is 0 Å². The molecule has 2 amide bonds. The lowest BCUT2D eigenvalue weighted by atomic mass is 9.81. The summed E-state index contributed by atoms with van der Waals surface area (Å²) in [6, 6.07) is 16.0. The molecule has 0 saturated carbocycles. The molecule has 3 rings (SSSR count). The van der Waals surface area contributed by atoms with Gasteiger partial charge in [-0.2, -0.15) is 0 Å². The Kier molecular flexibility index (Phi) is 5.76. The highest BCUT2D eigenvalue weighted by atomic mass is 79.9. The summed E-state index contributed by atoms with van der Waals surface area (Å²) in [6.07, 6.45) is 0.863. The number of benzene rings is 2. The maximum atomic E-state index is 12.6. The number of piperidine rings is 1. The van der Waals surface area contributed by atoms with Crippen molar-refractivity contribution in [1.82, 2.24) is 4.90 Å². The molecule has 1 heterocycles. The molecule has 1 fully saturated rings. The number of rotatable bonds is 3. The van der Waals surface area contributed by atoms with E-state index in [1.54, 1.807) is 0 Å². The number of hydrogen-bond donors (Lipinski definition) is 2. The monoisotopic (exact) mass is 402 g/mol. The Morgan fingerprint density at radius 3 is 2.72 bits per heavy atom. The summed E-state index contributed by atoms with van der Waals surface area (Å²) in [5.41, 5.74) is 3.07. The Morgan fingerprint density at radius 2 is 2.04 bits per heavy atom. The summed E-state index contributed by atoms with van der Waals surface area (Å²) in [5.74, 6) is 0.359. The predicted octanol–water partition coefficient (Wildman–Crippen LogP) is 4.39. The molecule has 1 aliphatic heterocycles. The van der Waals surface area contributed by atoms with E-state index in [1.165, 1.54) is 5.56 Å². The lowest BCUT2D eigenvalue weighted by Gasteiger charge is -2.38. The minimum absolute atomic E-state index is 0.0629. The molecule has 132 valence electrons. The summed E-state index contributed by atoms with van der Waals surface area (Å²) in [7, 11) is 0. The van der Waals surface area contributed by atoms with Gasteiger partial charge in [0.05, 0.1) is 0 Å². The van der Waals surface area contributed by atoms with E-state index in [-0.39, 0.29) is 18.6 Å². The van der Waals surface area contributed by atoms with Gasteiger partial charge in [0.15, 0.2) is 0 Å². The van der Waals surface area contributed by atoms with Crippen LogP contribution in [0.1, 0.15) is 23.5 Å². The van der Waals surface area contributed by atoms with E-state index in [9.17, 15) is 9.90 Å². The first-order chi connectivity index (χ1) is 12.1. The molecule has 5 heteroatoms. The van der Waals surface area contributed by atoms with Crippen LogP contribution in [0.5, 0.6) is 0 Å². The standard InChI is InChI=1S/C20H23BrN2O2/c1-14-11-17(21)7-8-19(14)22-20(25)23-10-9-18(16(12-23)13-24)15-5-3-2-4-6-15/h2-8,11,16,18,24H,9-10,12-13H2,1H3,(H,22,25)/t16-,18+/m1/s1. The van der Waals surface area contributed by atoms with Crippen LogP contribution in [0.15, 0.2) is 53.0 Å². The molecule has 4 nitrogen and oxygen atoms in total. The van der Waals surface area contributed by atoms with Crippen molar-refractivity contribution in [3.8, 4) is 0 Å². The second kappa shape index (κ2) is 8.02. The maximum absolute atomic E-state index is 12.6. The third-order valence-electron chi connectivity index (χ3n) is 4.91. The number of urea groups is 1. The van der Waals surface area contributed by atoms with Gasteiger partial charge in [0, 0.05) is 35.8 Å². The molecule has 0 radical (unpaired) electrons. The van der Waals surface area contributed by atoms with E-state index >= 15 is 0 Å². The van der Waals surface area contributed by atoms with Crippen LogP contribution in [0.3, 0.4) is 0 Å². The SMILES string of the molecule is Cc1cc(Br)ccc1NC(=O)N1CC[C@@H](c2ccccc2)[C@@H](CO)C1. The second-order valence-corrected chi connectivity index (χ2v) is 7.50. The molecule has 1 saturated heterocycles. The number of aryl methyl sites for hydroxylation is 1. The zero-order valence-electron chi connectivity index (χ0n) is 14.3. The van der Waals surface area contributed by atoms with Crippen molar-refractivity contribution in [2.24, 2.45) is 5.92 Å². The number of hydrogen-bond acceptors (Lipinski definition) is 2. The molecule has 1 aliphatic rings. The summed E-state index contributed by atoms with van der Waals surface area (Å²) in [4.78, 5) is 14.4. The third kappa shape index (κ3) is 4.22. The number of anilines is 1. The van der Waals surface area contributed by atoms with Gasteiger partial charge in [0.1, 0.15) is 0 Å². The highest BCUT2D eigenvalue weighted by Crippen LogP contribution is 2.33. The Morgan fingerprint density at radius 1 is 1.28 bits per heavy atom. The third-order valence-corrected chi connectivity index (χ3v) is 5.41. The first-order valence-corrected chi connectivity index (χ1v) is 9.35. The van der Waals surface area contributed by atoms with Crippen molar-refractivity contribution < 1.29 is 9.90 Å². The number of carbonyl (C=O) groups excluding carboxylic acids is 1. The van der Waals surface area contributed by atoms with Crippen LogP contribution < -0.4 is 5.32 Å². The predicted molar refractivity (Wildman–Crippen MR) is 104 cm³/mol. The van der Waals surface area contributed by atoms with Crippen molar-refractivity contribution in [1.29, 1.82) is 0 Å². The van der Waals surface area contributed by atoms with Gasteiger partial charge in [-0.05, 0) is 48.6 Å². The second-order valence-electron chi connectivity index (χ2n) is 6.58. The average molecular weight is 403 g/mol. The van der Waals surface area contributed by atoms with Gasteiger partial charge >= 0.3 is 6.03 Å². The number of carbonyl (C=O) groups is 1. The molecule has 0 aliphatic carbocycles. The van der Waals surface area contributed by atoms with Crippen molar-refractivity contribution in [3.63, 3.8) is 0 Å². The van der Waals surface area contributed by atoms with E-state index in [2.05, 4.69) is 33.4 Å². The fourth-order valence-corrected chi connectivity index (χ4v) is 3.98. The number of aliphatic hydroxyl groups is 1. The number of likely N-dealkylation sites (tertiary alicyclic amines) is 1. The number of nitrogens with one attached hydrogen (secondary N) is 1. The molecular formula is C20H23BrN2O2. The van der Waals surface area contributed by atoms with E-state index in [1.807, 2.05) is 48.2 Å². The van der Waals surface area contributed by atoms with Crippen LogP contribution in [0, 0.1) is 12.8 Å². The van der Waals surface area contributed by atoms with Crippen LogP contribution in [0.4, 0.5) is 10.5 Å². The Hall–Kier alpha value is -1.85. The highest BCUT2D eigenvalue weighted by Gasteiger charge is 2.32. The zero-order valence-corrected chi connectivity index (χ0v) is 15.9. The number of aliphatic hydroxyl groups excluding tert-OH is 1. The molecule has 25 heavy (non-hydrogen) atoms.